The Hall–Kier alpha value is -5.29. The number of fused-ring (bicyclic) bond motifs is 6. The van der Waals surface area contributed by atoms with Crippen molar-refractivity contribution in [3.05, 3.63) is 128 Å². The smallest absolute Gasteiger partial charge is 0.116 e. The lowest BCUT2D eigenvalue weighted by atomic mass is 10.1. The molecule has 5 heteroatoms. The van der Waals surface area contributed by atoms with Crippen molar-refractivity contribution >= 4 is 44.0 Å². The quantitative estimate of drug-likeness (QED) is 0.256. The molecule has 0 aliphatic rings. The molecule has 3 aromatic carbocycles. The number of nitrogens with zero attached hydrogens (tertiary/aromatic N) is 5. The van der Waals surface area contributed by atoms with Gasteiger partial charge >= 0.3 is 0 Å². The molecule has 38 heavy (non-hydrogen) atoms. The first-order chi connectivity index (χ1) is 18.9. The van der Waals surface area contributed by atoms with Gasteiger partial charge in [-0.05, 0) is 60.7 Å². The molecule has 8 aromatic rings. The third-order valence-electron chi connectivity index (χ3n) is 7.22. The average molecular weight is 488 g/mol. The van der Waals surface area contributed by atoms with Crippen LogP contribution in [0.25, 0.3) is 66.6 Å². The summed E-state index contributed by atoms with van der Waals surface area (Å²) in [5.74, 6) is 0. The topological polar surface area (TPSA) is 48.5 Å². The van der Waals surface area contributed by atoms with Crippen LogP contribution in [-0.4, -0.2) is 24.1 Å². The van der Waals surface area contributed by atoms with Gasteiger partial charge in [-0.2, -0.15) is 0 Å². The zero-order chi connectivity index (χ0) is 25.1. The Bertz CT molecular complexity index is 2110. The first kappa shape index (κ1) is 20.9. The number of pyridine rings is 3. The number of hydrogen-bond acceptors (Lipinski definition) is 3. The summed E-state index contributed by atoms with van der Waals surface area (Å²) >= 11 is 0. The maximum atomic E-state index is 5.28. The van der Waals surface area contributed by atoms with E-state index < -0.39 is 0 Å². The fraction of sp³-hybridized carbons (Fsp3) is 0. The molecule has 0 fully saturated rings. The molecule has 5 heterocycles. The van der Waals surface area contributed by atoms with E-state index >= 15 is 0 Å². The number of aromatic nitrogens is 5. The molecule has 0 amide bonds. The lowest BCUT2D eigenvalue weighted by Gasteiger charge is -2.10. The number of hydrogen-bond donors (Lipinski definition) is 0. The standard InChI is InChI=1S/C33H21N5/c1-2-9-23(10-3-1)37-27-13-5-4-11-25(27)31-29(37)21-30-33(36-31)32-28(14-8-20-35-32)38(30)24-17-15-22(16-18-24)26-12-6-7-19-34-26/h1-21H. The van der Waals surface area contributed by atoms with Gasteiger partial charge in [-0.1, -0.05) is 54.6 Å². The number of benzene rings is 3. The van der Waals surface area contributed by atoms with Gasteiger partial charge in [-0.25, -0.2) is 4.98 Å². The second-order valence-corrected chi connectivity index (χ2v) is 9.38. The van der Waals surface area contributed by atoms with Crippen LogP contribution in [0.1, 0.15) is 0 Å². The molecule has 0 N–H and O–H groups in total. The highest BCUT2D eigenvalue weighted by atomic mass is 15.0. The van der Waals surface area contributed by atoms with Crippen LogP contribution < -0.4 is 0 Å². The minimum Gasteiger partial charge on any atom is -0.308 e. The van der Waals surface area contributed by atoms with E-state index in [-0.39, 0.29) is 0 Å². The Labute approximate surface area is 218 Å². The highest BCUT2D eigenvalue weighted by Gasteiger charge is 2.20. The average Bonchev–Trinajstić information content (AvgIpc) is 3.49. The molecule has 0 bridgehead atoms. The van der Waals surface area contributed by atoms with Gasteiger partial charge < -0.3 is 9.13 Å². The Kier molecular flexibility index (Phi) is 4.45. The summed E-state index contributed by atoms with van der Waals surface area (Å²) in [6, 6.07) is 39.8. The Morgan fingerprint density at radius 3 is 1.97 bits per heavy atom. The molecule has 0 atom stereocenters. The fourth-order valence-electron chi connectivity index (χ4n) is 5.54. The van der Waals surface area contributed by atoms with Crippen LogP contribution in [0.5, 0.6) is 0 Å². The minimum absolute atomic E-state index is 0.898. The van der Waals surface area contributed by atoms with Crippen LogP contribution in [0.15, 0.2) is 128 Å². The van der Waals surface area contributed by atoms with E-state index in [0.717, 1.165) is 66.6 Å². The molecule has 5 nitrogen and oxygen atoms in total. The van der Waals surface area contributed by atoms with E-state index in [1.54, 1.807) is 0 Å². The van der Waals surface area contributed by atoms with Crippen molar-refractivity contribution in [2.45, 2.75) is 0 Å². The highest BCUT2D eigenvalue weighted by Crippen LogP contribution is 2.37. The van der Waals surface area contributed by atoms with Gasteiger partial charge in [0.05, 0.1) is 33.3 Å². The summed E-state index contributed by atoms with van der Waals surface area (Å²) < 4.78 is 4.57. The van der Waals surface area contributed by atoms with E-state index in [1.807, 2.05) is 42.7 Å². The van der Waals surface area contributed by atoms with Crippen molar-refractivity contribution in [2.24, 2.45) is 0 Å². The van der Waals surface area contributed by atoms with Crippen LogP contribution in [0.3, 0.4) is 0 Å². The maximum absolute atomic E-state index is 5.28. The SMILES string of the molecule is c1ccc(-n2c3ccccc3c3nc4c5ncccc5n(-c5ccc(-c6ccccn6)cc5)c4cc32)cc1. The van der Waals surface area contributed by atoms with Gasteiger partial charge in [0.15, 0.2) is 0 Å². The highest BCUT2D eigenvalue weighted by molar-refractivity contribution is 6.14. The third kappa shape index (κ3) is 3.02. The molecule has 0 unspecified atom stereocenters. The Balaban J connectivity index is 1.45. The molecule has 5 aromatic heterocycles. The lowest BCUT2D eigenvalue weighted by molar-refractivity contribution is 1.16. The van der Waals surface area contributed by atoms with Crippen LogP contribution in [-0.2, 0) is 0 Å². The van der Waals surface area contributed by atoms with Crippen LogP contribution in [0, 0.1) is 0 Å². The zero-order valence-electron chi connectivity index (χ0n) is 20.4. The predicted octanol–water partition coefficient (Wildman–Crippen LogP) is 7.73. The molecule has 0 aliphatic carbocycles. The molecule has 0 aliphatic heterocycles. The molecule has 178 valence electrons. The van der Waals surface area contributed by atoms with E-state index in [9.17, 15) is 0 Å². The molecule has 0 saturated carbocycles. The summed E-state index contributed by atoms with van der Waals surface area (Å²) in [7, 11) is 0. The van der Waals surface area contributed by atoms with Gasteiger partial charge in [0, 0.05) is 34.7 Å². The zero-order valence-corrected chi connectivity index (χ0v) is 20.4. The minimum atomic E-state index is 0.898. The van der Waals surface area contributed by atoms with Gasteiger partial charge in [0.1, 0.15) is 11.0 Å². The summed E-state index contributed by atoms with van der Waals surface area (Å²) in [5.41, 5.74) is 11.2. The summed E-state index contributed by atoms with van der Waals surface area (Å²) in [5, 5.41) is 1.13. The first-order valence-corrected chi connectivity index (χ1v) is 12.6. The van der Waals surface area contributed by atoms with Crippen LogP contribution in [0.2, 0.25) is 0 Å². The first-order valence-electron chi connectivity index (χ1n) is 12.6. The summed E-state index contributed by atoms with van der Waals surface area (Å²) in [6.07, 6.45) is 3.67. The summed E-state index contributed by atoms with van der Waals surface area (Å²) in [4.78, 5) is 14.6. The normalized spacial score (nSPS) is 11.7. The molecule has 0 radical (unpaired) electrons. The van der Waals surface area contributed by atoms with Gasteiger partial charge in [-0.15, -0.1) is 0 Å². The van der Waals surface area contributed by atoms with Crippen LogP contribution >= 0.6 is 0 Å². The van der Waals surface area contributed by atoms with Gasteiger partial charge in [-0.3, -0.25) is 9.97 Å². The van der Waals surface area contributed by atoms with E-state index in [2.05, 4.69) is 99.0 Å². The van der Waals surface area contributed by atoms with E-state index in [1.165, 1.54) is 0 Å². The van der Waals surface area contributed by atoms with E-state index in [0.29, 0.717) is 0 Å². The molecule has 0 spiro atoms. The van der Waals surface area contributed by atoms with Gasteiger partial charge in [0.25, 0.3) is 0 Å². The number of rotatable bonds is 3. The fourth-order valence-corrected chi connectivity index (χ4v) is 5.54. The second kappa shape index (κ2) is 8.11. The van der Waals surface area contributed by atoms with Crippen molar-refractivity contribution in [1.82, 2.24) is 24.1 Å². The Morgan fingerprint density at radius 2 is 1.13 bits per heavy atom. The monoisotopic (exact) mass is 487 g/mol. The molecule has 0 saturated heterocycles. The third-order valence-corrected chi connectivity index (χ3v) is 7.22. The van der Waals surface area contributed by atoms with Crippen LogP contribution in [0.4, 0.5) is 0 Å². The predicted molar refractivity (Wildman–Crippen MR) is 154 cm³/mol. The summed E-state index contributed by atoms with van der Waals surface area (Å²) in [6.45, 7) is 0. The van der Waals surface area contributed by atoms with Gasteiger partial charge in [0.2, 0.25) is 0 Å². The Morgan fingerprint density at radius 1 is 0.447 bits per heavy atom. The molecular weight excluding hydrogens is 466 g/mol. The maximum Gasteiger partial charge on any atom is 0.116 e. The van der Waals surface area contributed by atoms with Crippen molar-refractivity contribution in [2.75, 3.05) is 0 Å². The lowest BCUT2D eigenvalue weighted by Crippen LogP contribution is -1.96. The van der Waals surface area contributed by atoms with Crippen molar-refractivity contribution in [1.29, 1.82) is 0 Å². The molecule has 8 rings (SSSR count). The number of para-hydroxylation sites is 2. The van der Waals surface area contributed by atoms with Crippen molar-refractivity contribution in [3.8, 4) is 22.6 Å². The van der Waals surface area contributed by atoms with Crippen molar-refractivity contribution < 1.29 is 0 Å². The largest absolute Gasteiger partial charge is 0.308 e. The second-order valence-electron chi connectivity index (χ2n) is 9.38. The van der Waals surface area contributed by atoms with E-state index in [4.69, 9.17) is 9.97 Å². The van der Waals surface area contributed by atoms with Crippen molar-refractivity contribution in [3.63, 3.8) is 0 Å². The molecular formula is C33H21N5.